The van der Waals surface area contributed by atoms with E-state index in [1.165, 1.54) is 5.56 Å². The van der Waals surface area contributed by atoms with Crippen LogP contribution in [0.15, 0.2) is 42.0 Å². The second kappa shape index (κ2) is 4.01. The van der Waals surface area contributed by atoms with E-state index in [4.69, 9.17) is 0 Å². The number of hydrogen-bond acceptors (Lipinski definition) is 1. The number of aliphatic hydroxyl groups is 1. The summed E-state index contributed by atoms with van der Waals surface area (Å²) in [5.41, 5.74) is 5.31. The molecule has 0 aliphatic heterocycles. The molecule has 0 saturated carbocycles. The number of aliphatic hydroxyl groups excluding tert-OH is 1. The van der Waals surface area contributed by atoms with Crippen LogP contribution >= 0.6 is 0 Å². The van der Waals surface area contributed by atoms with Crippen LogP contribution < -0.4 is 0 Å². The van der Waals surface area contributed by atoms with Crippen molar-refractivity contribution >= 4 is 5.76 Å². The second-order valence-corrected chi connectivity index (χ2v) is 4.30. The van der Waals surface area contributed by atoms with Crippen molar-refractivity contribution in [2.45, 2.75) is 20.8 Å². The summed E-state index contributed by atoms with van der Waals surface area (Å²) >= 11 is 0. The summed E-state index contributed by atoms with van der Waals surface area (Å²) < 4.78 is 0. The Labute approximate surface area is 96.4 Å². The summed E-state index contributed by atoms with van der Waals surface area (Å²) in [6.07, 6.45) is 7.72. The number of benzene rings is 1. The molecule has 1 nitrogen and oxygen atoms in total. The van der Waals surface area contributed by atoms with Crippen LogP contribution in [0.3, 0.4) is 0 Å². The first-order valence-electron chi connectivity index (χ1n) is 5.46. The number of rotatable bonds is 1. The van der Waals surface area contributed by atoms with Crippen molar-refractivity contribution in [2.75, 3.05) is 0 Å². The average molecular weight is 212 g/mol. The van der Waals surface area contributed by atoms with Gasteiger partial charge in [-0.3, -0.25) is 0 Å². The van der Waals surface area contributed by atoms with Crippen LogP contribution in [0.1, 0.15) is 22.3 Å². The van der Waals surface area contributed by atoms with Gasteiger partial charge in [0.25, 0.3) is 0 Å². The standard InChI is InChI=1S/C15H16O/c1-10-8-11(2)14(12(3)9-10)15(16)13-6-4-5-7-13/h4-9,16H,1-3H3. The molecule has 1 N–H and O–H groups in total. The molecule has 1 aliphatic carbocycles. The average Bonchev–Trinajstić information content (AvgIpc) is 2.67. The molecular weight excluding hydrogens is 196 g/mol. The Morgan fingerprint density at radius 2 is 1.44 bits per heavy atom. The van der Waals surface area contributed by atoms with Crippen molar-refractivity contribution < 1.29 is 5.11 Å². The molecule has 0 heterocycles. The molecule has 0 radical (unpaired) electrons. The van der Waals surface area contributed by atoms with E-state index in [0.717, 1.165) is 22.3 Å². The highest BCUT2D eigenvalue weighted by molar-refractivity contribution is 5.73. The number of hydrogen-bond donors (Lipinski definition) is 1. The van der Waals surface area contributed by atoms with Gasteiger partial charge in [-0.05, 0) is 31.9 Å². The Kier molecular flexibility index (Phi) is 2.69. The van der Waals surface area contributed by atoms with Gasteiger partial charge in [0.05, 0.1) is 0 Å². The normalized spacial score (nSPS) is 13.6. The van der Waals surface area contributed by atoms with Crippen LogP contribution in [0.5, 0.6) is 0 Å². The largest absolute Gasteiger partial charge is 0.507 e. The zero-order valence-electron chi connectivity index (χ0n) is 9.91. The van der Waals surface area contributed by atoms with Gasteiger partial charge in [-0.15, -0.1) is 0 Å². The van der Waals surface area contributed by atoms with Gasteiger partial charge in [-0.1, -0.05) is 42.0 Å². The van der Waals surface area contributed by atoms with E-state index in [0.29, 0.717) is 5.76 Å². The minimum atomic E-state index is 0.375. The third kappa shape index (κ3) is 1.81. The molecule has 0 bridgehead atoms. The van der Waals surface area contributed by atoms with Gasteiger partial charge in [0.1, 0.15) is 5.76 Å². The highest BCUT2D eigenvalue weighted by atomic mass is 16.3. The minimum absolute atomic E-state index is 0.375. The van der Waals surface area contributed by atoms with Crippen LogP contribution in [0.25, 0.3) is 5.76 Å². The first-order chi connectivity index (χ1) is 7.59. The summed E-state index contributed by atoms with van der Waals surface area (Å²) in [5.74, 6) is 0.375. The maximum absolute atomic E-state index is 10.2. The van der Waals surface area contributed by atoms with Crippen LogP contribution in [-0.2, 0) is 0 Å². The van der Waals surface area contributed by atoms with E-state index in [9.17, 15) is 5.11 Å². The molecule has 1 aliphatic rings. The fraction of sp³-hybridized carbons (Fsp3) is 0.200. The van der Waals surface area contributed by atoms with Crippen LogP contribution in [0.4, 0.5) is 0 Å². The zero-order chi connectivity index (χ0) is 11.7. The molecular formula is C15H16O. The molecule has 0 aromatic heterocycles. The van der Waals surface area contributed by atoms with Crippen LogP contribution in [-0.4, -0.2) is 5.11 Å². The van der Waals surface area contributed by atoms with E-state index in [-0.39, 0.29) is 0 Å². The van der Waals surface area contributed by atoms with E-state index >= 15 is 0 Å². The SMILES string of the molecule is Cc1cc(C)c(C(O)=C2C=CC=C2)c(C)c1. The molecule has 2 rings (SSSR count). The Bertz CT molecular complexity index is 479. The zero-order valence-corrected chi connectivity index (χ0v) is 9.91. The lowest BCUT2D eigenvalue weighted by atomic mass is 9.96. The first-order valence-corrected chi connectivity index (χ1v) is 5.46. The monoisotopic (exact) mass is 212 g/mol. The molecule has 0 amide bonds. The Balaban J connectivity index is 2.61. The van der Waals surface area contributed by atoms with Crippen molar-refractivity contribution in [3.63, 3.8) is 0 Å². The minimum Gasteiger partial charge on any atom is -0.507 e. The van der Waals surface area contributed by atoms with Crippen molar-refractivity contribution in [3.8, 4) is 0 Å². The topological polar surface area (TPSA) is 20.2 Å². The molecule has 1 aromatic rings. The van der Waals surface area contributed by atoms with Gasteiger partial charge in [-0.25, -0.2) is 0 Å². The summed E-state index contributed by atoms with van der Waals surface area (Å²) in [4.78, 5) is 0. The molecule has 0 saturated heterocycles. The van der Waals surface area contributed by atoms with E-state index in [2.05, 4.69) is 19.1 Å². The lowest BCUT2D eigenvalue weighted by Crippen LogP contribution is -1.96. The van der Waals surface area contributed by atoms with Crippen molar-refractivity contribution in [1.82, 2.24) is 0 Å². The van der Waals surface area contributed by atoms with Crippen LogP contribution in [0, 0.1) is 20.8 Å². The third-order valence-corrected chi connectivity index (χ3v) is 2.85. The van der Waals surface area contributed by atoms with Gasteiger partial charge in [-0.2, -0.15) is 0 Å². The smallest absolute Gasteiger partial charge is 0.130 e. The van der Waals surface area contributed by atoms with Gasteiger partial charge >= 0.3 is 0 Å². The third-order valence-electron chi connectivity index (χ3n) is 2.85. The lowest BCUT2D eigenvalue weighted by Gasteiger charge is -2.11. The predicted octanol–water partition coefficient (Wildman–Crippen LogP) is 4.01. The summed E-state index contributed by atoms with van der Waals surface area (Å²) in [6.45, 7) is 6.15. The highest BCUT2D eigenvalue weighted by Crippen LogP contribution is 2.27. The fourth-order valence-corrected chi connectivity index (χ4v) is 2.23. The number of allylic oxidation sites excluding steroid dienone is 5. The predicted molar refractivity (Wildman–Crippen MR) is 68.5 cm³/mol. The lowest BCUT2D eigenvalue weighted by molar-refractivity contribution is 0.508. The maximum Gasteiger partial charge on any atom is 0.130 e. The first kappa shape index (κ1) is 10.7. The molecule has 1 aromatic carbocycles. The van der Waals surface area contributed by atoms with Gasteiger partial charge < -0.3 is 5.11 Å². The summed E-state index contributed by atoms with van der Waals surface area (Å²) in [6, 6.07) is 4.20. The molecule has 0 fully saturated rings. The van der Waals surface area contributed by atoms with E-state index in [1.807, 2.05) is 38.2 Å². The molecule has 0 spiro atoms. The van der Waals surface area contributed by atoms with E-state index < -0.39 is 0 Å². The van der Waals surface area contributed by atoms with Crippen molar-refractivity contribution in [3.05, 3.63) is 64.3 Å². The molecule has 82 valence electrons. The highest BCUT2D eigenvalue weighted by Gasteiger charge is 2.11. The van der Waals surface area contributed by atoms with E-state index in [1.54, 1.807) is 0 Å². The van der Waals surface area contributed by atoms with Crippen molar-refractivity contribution in [1.29, 1.82) is 0 Å². The van der Waals surface area contributed by atoms with Crippen molar-refractivity contribution in [2.24, 2.45) is 0 Å². The fourth-order valence-electron chi connectivity index (χ4n) is 2.23. The molecule has 0 unspecified atom stereocenters. The summed E-state index contributed by atoms with van der Waals surface area (Å²) in [5, 5.41) is 10.2. The maximum atomic E-state index is 10.2. The Hall–Kier alpha value is -1.76. The molecule has 16 heavy (non-hydrogen) atoms. The van der Waals surface area contributed by atoms with Gasteiger partial charge in [0.2, 0.25) is 0 Å². The van der Waals surface area contributed by atoms with Gasteiger partial charge in [0.15, 0.2) is 0 Å². The second-order valence-electron chi connectivity index (χ2n) is 4.30. The quantitative estimate of drug-likeness (QED) is 0.697. The summed E-state index contributed by atoms with van der Waals surface area (Å²) in [7, 11) is 0. The number of aryl methyl sites for hydroxylation is 3. The molecule has 1 heteroatoms. The molecule has 0 atom stereocenters. The van der Waals surface area contributed by atoms with Crippen LogP contribution in [0.2, 0.25) is 0 Å². The van der Waals surface area contributed by atoms with Gasteiger partial charge in [0, 0.05) is 11.1 Å². The Morgan fingerprint density at radius 3 is 1.94 bits per heavy atom. The Morgan fingerprint density at radius 1 is 0.938 bits per heavy atom.